The summed E-state index contributed by atoms with van der Waals surface area (Å²) in [6.07, 6.45) is 3.63. The Labute approximate surface area is 90.3 Å². The molecular formula is C10H9IN2. The van der Waals surface area contributed by atoms with Gasteiger partial charge in [-0.15, -0.1) is 0 Å². The molecule has 1 heterocycles. The summed E-state index contributed by atoms with van der Waals surface area (Å²) in [7, 11) is 0. The van der Waals surface area contributed by atoms with E-state index in [2.05, 4.69) is 33.6 Å². The maximum atomic E-state index is 5.96. The first kappa shape index (κ1) is 8.74. The molecule has 0 aliphatic heterocycles. The number of hydrogen-bond acceptors (Lipinski definition) is 2. The van der Waals surface area contributed by atoms with Crippen molar-refractivity contribution in [3.8, 4) is 0 Å². The minimum Gasteiger partial charge on any atom is -0.398 e. The fourth-order valence-corrected chi connectivity index (χ4v) is 2.27. The first-order valence-electron chi connectivity index (χ1n) is 3.98. The number of hydrogen-bond donors (Lipinski definition) is 1. The zero-order valence-electron chi connectivity index (χ0n) is 7.21. The Kier molecular flexibility index (Phi) is 2.11. The van der Waals surface area contributed by atoms with Crippen LogP contribution in [0.2, 0.25) is 0 Å². The predicted octanol–water partition coefficient (Wildman–Crippen LogP) is 2.73. The number of fused-ring (bicyclic) bond motifs is 1. The zero-order chi connectivity index (χ0) is 9.42. The molecule has 2 aromatic rings. The lowest BCUT2D eigenvalue weighted by atomic mass is 10.1. The van der Waals surface area contributed by atoms with Crippen molar-refractivity contribution in [3.63, 3.8) is 0 Å². The molecule has 3 heteroatoms. The second-order valence-corrected chi connectivity index (χ2v) is 4.17. The summed E-state index contributed by atoms with van der Waals surface area (Å²) in [6.45, 7) is 2.03. The van der Waals surface area contributed by atoms with Gasteiger partial charge in [-0.3, -0.25) is 4.98 Å². The van der Waals surface area contributed by atoms with E-state index in [1.54, 1.807) is 6.20 Å². The molecule has 2 N–H and O–H groups in total. The van der Waals surface area contributed by atoms with E-state index in [4.69, 9.17) is 5.73 Å². The molecule has 0 radical (unpaired) electrons. The van der Waals surface area contributed by atoms with Crippen molar-refractivity contribution in [2.45, 2.75) is 6.92 Å². The van der Waals surface area contributed by atoms with Gasteiger partial charge in [0, 0.05) is 32.4 Å². The Morgan fingerprint density at radius 2 is 2.15 bits per heavy atom. The van der Waals surface area contributed by atoms with Crippen LogP contribution in [0.1, 0.15) is 5.56 Å². The van der Waals surface area contributed by atoms with Crippen LogP contribution in [0.15, 0.2) is 24.5 Å². The SMILES string of the molecule is Cc1cc(I)c2cnccc2c1N. The molecule has 2 nitrogen and oxygen atoms in total. The topological polar surface area (TPSA) is 38.9 Å². The lowest BCUT2D eigenvalue weighted by molar-refractivity contribution is 1.35. The van der Waals surface area contributed by atoms with Gasteiger partial charge < -0.3 is 5.73 Å². The summed E-state index contributed by atoms with van der Waals surface area (Å²) >= 11 is 2.30. The standard InChI is InChI=1S/C10H9IN2/c1-6-4-9(11)8-5-13-3-2-7(8)10(6)12/h2-5H,12H2,1H3. The van der Waals surface area contributed by atoms with Gasteiger partial charge in [-0.05, 0) is 47.2 Å². The van der Waals surface area contributed by atoms with Crippen LogP contribution in [0, 0.1) is 10.5 Å². The predicted molar refractivity (Wildman–Crippen MR) is 63.6 cm³/mol. The second kappa shape index (κ2) is 3.14. The minimum atomic E-state index is 0.859. The van der Waals surface area contributed by atoms with Gasteiger partial charge in [0.05, 0.1) is 0 Å². The van der Waals surface area contributed by atoms with Gasteiger partial charge in [-0.25, -0.2) is 0 Å². The summed E-state index contributed by atoms with van der Waals surface area (Å²) in [5, 5.41) is 2.23. The molecule has 0 aliphatic rings. The van der Waals surface area contributed by atoms with Crippen LogP contribution in [0.3, 0.4) is 0 Å². The number of aryl methyl sites for hydroxylation is 1. The third-order valence-electron chi connectivity index (χ3n) is 2.14. The number of nitrogen functional groups attached to an aromatic ring is 1. The Bertz CT molecular complexity index is 466. The molecule has 0 unspecified atom stereocenters. The number of pyridine rings is 1. The normalized spacial score (nSPS) is 10.6. The highest BCUT2D eigenvalue weighted by Gasteiger charge is 2.04. The number of anilines is 1. The molecule has 0 saturated carbocycles. The van der Waals surface area contributed by atoms with Crippen LogP contribution in [0.4, 0.5) is 5.69 Å². The lowest BCUT2D eigenvalue weighted by Gasteiger charge is -2.06. The zero-order valence-corrected chi connectivity index (χ0v) is 9.37. The van der Waals surface area contributed by atoms with Crippen molar-refractivity contribution in [1.29, 1.82) is 0 Å². The average molecular weight is 284 g/mol. The Balaban J connectivity index is 2.97. The average Bonchev–Trinajstić information content (AvgIpc) is 2.15. The van der Waals surface area contributed by atoms with Gasteiger partial charge in [0.1, 0.15) is 0 Å². The van der Waals surface area contributed by atoms with E-state index in [0.717, 1.165) is 22.0 Å². The highest BCUT2D eigenvalue weighted by molar-refractivity contribution is 14.1. The van der Waals surface area contributed by atoms with Crippen molar-refractivity contribution < 1.29 is 0 Å². The van der Waals surface area contributed by atoms with Gasteiger partial charge in [0.15, 0.2) is 0 Å². The first-order chi connectivity index (χ1) is 6.20. The Morgan fingerprint density at radius 1 is 1.38 bits per heavy atom. The number of nitrogens with two attached hydrogens (primary N) is 1. The molecule has 0 amide bonds. The number of halogens is 1. The molecule has 0 aliphatic carbocycles. The van der Waals surface area contributed by atoms with Gasteiger partial charge >= 0.3 is 0 Å². The molecule has 1 aromatic carbocycles. The van der Waals surface area contributed by atoms with E-state index in [1.165, 1.54) is 3.57 Å². The highest BCUT2D eigenvalue weighted by atomic mass is 127. The van der Waals surface area contributed by atoms with Gasteiger partial charge in [0.25, 0.3) is 0 Å². The summed E-state index contributed by atoms with van der Waals surface area (Å²) in [5.74, 6) is 0. The number of aromatic nitrogens is 1. The van der Waals surface area contributed by atoms with Gasteiger partial charge in [-0.2, -0.15) is 0 Å². The summed E-state index contributed by atoms with van der Waals surface area (Å²) < 4.78 is 1.20. The van der Waals surface area contributed by atoms with Crippen LogP contribution < -0.4 is 5.73 Å². The Morgan fingerprint density at radius 3 is 2.92 bits per heavy atom. The van der Waals surface area contributed by atoms with E-state index >= 15 is 0 Å². The highest BCUT2D eigenvalue weighted by Crippen LogP contribution is 2.27. The monoisotopic (exact) mass is 284 g/mol. The fourth-order valence-electron chi connectivity index (χ4n) is 1.38. The molecule has 1 aromatic heterocycles. The summed E-state index contributed by atoms with van der Waals surface area (Å²) in [4.78, 5) is 4.08. The van der Waals surface area contributed by atoms with Crippen LogP contribution in [0.5, 0.6) is 0 Å². The molecule has 0 atom stereocenters. The largest absolute Gasteiger partial charge is 0.398 e. The Hall–Kier alpha value is -0.840. The van der Waals surface area contributed by atoms with E-state index in [1.807, 2.05) is 19.2 Å². The second-order valence-electron chi connectivity index (χ2n) is 3.01. The molecule has 0 spiro atoms. The lowest BCUT2D eigenvalue weighted by Crippen LogP contribution is -1.93. The van der Waals surface area contributed by atoms with Crippen LogP contribution in [0.25, 0.3) is 10.8 Å². The molecule has 13 heavy (non-hydrogen) atoms. The number of nitrogens with zero attached hydrogens (tertiary/aromatic N) is 1. The van der Waals surface area contributed by atoms with E-state index in [9.17, 15) is 0 Å². The van der Waals surface area contributed by atoms with Crippen LogP contribution in [-0.4, -0.2) is 4.98 Å². The van der Waals surface area contributed by atoms with Crippen molar-refractivity contribution in [2.24, 2.45) is 0 Å². The molecule has 0 bridgehead atoms. The summed E-state index contributed by atoms with van der Waals surface area (Å²) in [6, 6.07) is 4.04. The third kappa shape index (κ3) is 1.37. The van der Waals surface area contributed by atoms with Gasteiger partial charge in [0.2, 0.25) is 0 Å². The maximum absolute atomic E-state index is 5.96. The summed E-state index contributed by atoms with van der Waals surface area (Å²) in [5.41, 5.74) is 7.94. The quantitative estimate of drug-likeness (QED) is 0.596. The molecule has 2 rings (SSSR count). The van der Waals surface area contributed by atoms with Crippen molar-refractivity contribution >= 4 is 39.1 Å². The molecule has 66 valence electrons. The van der Waals surface area contributed by atoms with Crippen molar-refractivity contribution in [2.75, 3.05) is 5.73 Å². The molecular weight excluding hydrogens is 275 g/mol. The molecule has 0 saturated heterocycles. The van der Waals surface area contributed by atoms with E-state index < -0.39 is 0 Å². The van der Waals surface area contributed by atoms with Crippen LogP contribution >= 0.6 is 22.6 Å². The first-order valence-corrected chi connectivity index (χ1v) is 5.06. The smallest absolute Gasteiger partial charge is 0.0425 e. The van der Waals surface area contributed by atoms with E-state index in [0.29, 0.717) is 0 Å². The number of benzene rings is 1. The van der Waals surface area contributed by atoms with Crippen molar-refractivity contribution in [1.82, 2.24) is 4.98 Å². The third-order valence-corrected chi connectivity index (χ3v) is 3.03. The van der Waals surface area contributed by atoms with Gasteiger partial charge in [-0.1, -0.05) is 0 Å². The molecule has 0 fully saturated rings. The van der Waals surface area contributed by atoms with Crippen LogP contribution in [-0.2, 0) is 0 Å². The van der Waals surface area contributed by atoms with Crippen molar-refractivity contribution in [3.05, 3.63) is 33.7 Å². The van der Waals surface area contributed by atoms with E-state index in [-0.39, 0.29) is 0 Å². The maximum Gasteiger partial charge on any atom is 0.0425 e. The fraction of sp³-hybridized carbons (Fsp3) is 0.100. The minimum absolute atomic E-state index is 0.859. The number of rotatable bonds is 0.